The number of hydrogen-bond donors (Lipinski definition) is 2. The summed E-state index contributed by atoms with van der Waals surface area (Å²) in [5.74, 6) is -0.921. The number of carboxylic acid groups (broad SMARTS) is 1. The maximum Gasteiger partial charge on any atom is 0.311 e. The molecule has 0 bridgehead atoms. The molecule has 1 fully saturated rings. The molecule has 1 heterocycles. The molecule has 21 heavy (non-hydrogen) atoms. The molecule has 120 valence electrons. The van der Waals surface area contributed by atoms with Crippen LogP contribution in [0.5, 0.6) is 0 Å². The van der Waals surface area contributed by atoms with Gasteiger partial charge in [0.25, 0.3) is 0 Å². The van der Waals surface area contributed by atoms with Gasteiger partial charge in [0, 0.05) is 31.5 Å². The Morgan fingerprint density at radius 2 is 1.90 bits per heavy atom. The van der Waals surface area contributed by atoms with Crippen molar-refractivity contribution >= 4 is 17.8 Å². The third-order valence-corrected chi connectivity index (χ3v) is 3.88. The molecule has 2 N–H and O–H groups in total. The number of hydrogen-bond acceptors (Lipinski definition) is 3. The minimum atomic E-state index is -0.852. The van der Waals surface area contributed by atoms with Crippen molar-refractivity contribution < 1.29 is 19.5 Å². The first-order valence-electron chi connectivity index (χ1n) is 7.36. The topological polar surface area (TPSA) is 86.7 Å². The number of nitrogens with zero attached hydrogens (tertiary/aromatic N) is 1. The molecular formula is C15H26N2O4. The molecule has 0 aromatic heterocycles. The van der Waals surface area contributed by atoms with Crippen LogP contribution in [0.2, 0.25) is 0 Å². The summed E-state index contributed by atoms with van der Waals surface area (Å²) in [5, 5.41) is 11.9. The molecule has 0 spiro atoms. The summed E-state index contributed by atoms with van der Waals surface area (Å²) in [6.45, 7) is 8.42. The maximum atomic E-state index is 12.0. The summed E-state index contributed by atoms with van der Waals surface area (Å²) in [5.41, 5.74) is -1.25. The normalized spacial score (nSPS) is 22.2. The fraction of sp³-hybridized carbons (Fsp3) is 0.800. The lowest BCUT2D eigenvalue weighted by Gasteiger charge is -2.20. The predicted molar refractivity (Wildman–Crippen MR) is 78.6 cm³/mol. The van der Waals surface area contributed by atoms with Crippen molar-refractivity contribution in [2.75, 3.05) is 19.6 Å². The van der Waals surface area contributed by atoms with Gasteiger partial charge in [0.05, 0.1) is 5.41 Å². The zero-order valence-electron chi connectivity index (χ0n) is 13.4. The van der Waals surface area contributed by atoms with Crippen molar-refractivity contribution in [3.63, 3.8) is 0 Å². The van der Waals surface area contributed by atoms with Gasteiger partial charge in [-0.15, -0.1) is 0 Å². The van der Waals surface area contributed by atoms with Gasteiger partial charge in [0.2, 0.25) is 11.8 Å². The number of rotatable bonds is 5. The van der Waals surface area contributed by atoms with Crippen molar-refractivity contribution in [1.29, 1.82) is 0 Å². The molecule has 0 aromatic carbocycles. The Morgan fingerprint density at radius 1 is 1.29 bits per heavy atom. The van der Waals surface area contributed by atoms with Gasteiger partial charge in [0.15, 0.2) is 0 Å². The Kier molecular flexibility index (Phi) is 5.36. The Morgan fingerprint density at radius 3 is 2.38 bits per heavy atom. The lowest BCUT2D eigenvalue weighted by Crippen LogP contribution is -2.37. The van der Waals surface area contributed by atoms with E-state index in [-0.39, 0.29) is 18.4 Å². The molecule has 1 rings (SSSR count). The predicted octanol–water partition coefficient (Wildman–Crippen LogP) is 1.25. The van der Waals surface area contributed by atoms with Crippen LogP contribution in [0.1, 0.15) is 47.0 Å². The summed E-state index contributed by atoms with van der Waals surface area (Å²) in [4.78, 5) is 36.4. The van der Waals surface area contributed by atoms with Crippen LogP contribution in [0.4, 0.5) is 0 Å². The molecule has 0 aliphatic carbocycles. The molecular weight excluding hydrogens is 272 g/mol. The zero-order chi connectivity index (χ0) is 16.3. The Labute approximate surface area is 125 Å². The fourth-order valence-corrected chi connectivity index (χ4v) is 2.21. The highest BCUT2D eigenvalue weighted by Crippen LogP contribution is 2.30. The molecule has 2 amide bonds. The van der Waals surface area contributed by atoms with Crippen molar-refractivity contribution in [3.8, 4) is 0 Å². The van der Waals surface area contributed by atoms with E-state index in [2.05, 4.69) is 5.32 Å². The molecule has 0 radical (unpaired) electrons. The van der Waals surface area contributed by atoms with E-state index in [9.17, 15) is 14.4 Å². The summed E-state index contributed by atoms with van der Waals surface area (Å²) >= 11 is 0. The first-order chi connectivity index (χ1) is 9.56. The fourth-order valence-electron chi connectivity index (χ4n) is 2.21. The second kappa shape index (κ2) is 6.45. The number of carboxylic acids is 1. The quantitative estimate of drug-likeness (QED) is 0.748. The molecule has 1 unspecified atom stereocenters. The second-order valence-corrected chi connectivity index (χ2v) is 7.04. The smallest absolute Gasteiger partial charge is 0.311 e. The van der Waals surface area contributed by atoms with E-state index in [1.807, 2.05) is 20.8 Å². The van der Waals surface area contributed by atoms with Gasteiger partial charge < -0.3 is 15.3 Å². The number of carbonyl (C=O) groups is 3. The Bertz CT molecular complexity index is 428. The van der Waals surface area contributed by atoms with Gasteiger partial charge >= 0.3 is 5.97 Å². The summed E-state index contributed by atoms with van der Waals surface area (Å²) < 4.78 is 0. The molecule has 6 nitrogen and oxygen atoms in total. The highest BCUT2D eigenvalue weighted by atomic mass is 16.4. The maximum absolute atomic E-state index is 12.0. The van der Waals surface area contributed by atoms with Crippen molar-refractivity contribution in [2.45, 2.75) is 47.0 Å². The first-order valence-corrected chi connectivity index (χ1v) is 7.36. The molecule has 0 aromatic rings. The van der Waals surface area contributed by atoms with Gasteiger partial charge in [-0.2, -0.15) is 0 Å². The van der Waals surface area contributed by atoms with Crippen LogP contribution >= 0.6 is 0 Å². The van der Waals surface area contributed by atoms with Crippen LogP contribution in [0, 0.1) is 10.8 Å². The average Bonchev–Trinajstić information content (AvgIpc) is 2.77. The first kappa shape index (κ1) is 17.5. The van der Waals surface area contributed by atoms with Gasteiger partial charge in [0.1, 0.15) is 0 Å². The van der Waals surface area contributed by atoms with E-state index in [1.54, 1.807) is 11.8 Å². The number of amides is 2. The zero-order valence-corrected chi connectivity index (χ0v) is 13.4. The van der Waals surface area contributed by atoms with E-state index in [1.165, 1.54) is 0 Å². The number of aliphatic carboxylic acids is 1. The summed E-state index contributed by atoms with van der Waals surface area (Å²) in [6.07, 6.45) is 1.40. The monoisotopic (exact) mass is 298 g/mol. The third-order valence-electron chi connectivity index (χ3n) is 3.88. The molecule has 6 heteroatoms. The van der Waals surface area contributed by atoms with Gasteiger partial charge in [-0.1, -0.05) is 20.8 Å². The molecule has 1 atom stereocenters. The van der Waals surface area contributed by atoms with Crippen LogP contribution in [-0.4, -0.2) is 47.4 Å². The minimum absolute atomic E-state index is 0.0328. The number of carbonyl (C=O) groups excluding carboxylic acids is 2. The lowest BCUT2D eigenvalue weighted by molar-refractivity contribution is -0.147. The molecule has 1 aliphatic rings. The summed E-state index contributed by atoms with van der Waals surface area (Å²) in [7, 11) is 0. The Balaban J connectivity index is 2.30. The Hall–Kier alpha value is -1.59. The van der Waals surface area contributed by atoms with E-state index < -0.39 is 16.8 Å². The molecule has 0 saturated carbocycles. The SMILES string of the molecule is CC(C)(C)C(=O)NCCCC(=O)N1CCC(C)(C(=O)O)C1. The van der Waals surface area contributed by atoms with Crippen molar-refractivity contribution in [2.24, 2.45) is 10.8 Å². The van der Waals surface area contributed by atoms with Crippen molar-refractivity contribution in [3.05, 3.63) is 0 Å². The standard InChI is InChI=1S/C15H26N2O4/c1-14(2,3)12(19)16-8-5-6-11(18)17-9-7-15(4,10-17)13(20)21/h5-10H2,1-4H3,(H,16,19)(H,20,21). The van der Waals surface area contributed by atoms with Gasteiger partial charge in [-0.25, -0.2) is 0 Å². The summed E-state index contributed by atoms with van der Waals surface area (Å²) in [6, 6.07) is 0. The van der Waals surface area contributed by atoms with Crippen molar-refractivity contribution in [1.82, 2.24) is 10.2 Å². The van der Waals surface area contributed by atoms with Gasteiger partial charge in [-0.3, -0.25) is 14.4 Å². The number of nitrogens with one attached hydrogen (secondary N) is 1. The van der Waals surface area contributed by atoms with Gasteiger partial charge in [-0.05, 0) is 19.8 Å². The largest absolute Gasteiger partial charge is 0.481 e. The highest BCUT2D eigenvalue weighted by molar-refractivity contribution is 5.82. The second-order valence-electron chi connectivity index (χ2n) is 7.04. The van der Waals surface area contributed by atoms with E-state index in [0.29, 0.717) is 32.4 Å². The third kappa shape index (κ3) is 4.72. The lowest BCUT2D eigenvalue weighted by atomic mass is 9.90. The van der Waals surface area contributed by atoms with Crippen LogP contribution in [0.15, 0.2) is 0 Å². The molecule has 1 saturated heterocycles. The van der Waals surface area contributed by atoms with E-state index >= 15 is 0 Å². The van der Waals surface area contributed by atoms with Crippen LogP contribution < -0.4 is 5.32 Å². The van der Waals surface area contributed by atoms with E-state index in [4.69, 9.17) is 5.11 Å². The molecule has 1 aliphatic heterocycles. The van der Waals surface area contributed by atoms with Crippen LogP contribution in [-0.2, 0) is 14.4 Å². The average molecular weight is 298 g/mol. The number of likely N-dealkylation sites (tertiary alicyclic amines) is 1. The van der Waals surface area contributed by atoms with Crippen LogP contribution in [0.25, 0.3) is 0 Å². The van der Waals surface area contributed by atoms with Crippen LogP contribution in [0.3, 0.4) is 0 Å². The minimum Gasteiger partial charge on any atom is -0.481 e. The highest BCUT2D eigenvalue weighted by Gasteiger charge is 2.41. The van der Waals surface area contributed by atoms with E-state index in [0.717, 1.165) is 0 Å².